The van der Waals surface area contributed by atoms with Crippen molar-refractivity contribution < 1.29 is 13.6 Å². The van der Waals surface area contributed by atoms with Gasteiger partial charge in [-0.25, -0.2) is 13.5 Å². The van der Waals surface area contributed by atoms with E-state index >= 15 is 0 Å². The highest BCUT2D eigenvalue weighted by Crippen LogP contribution is 2.09. The quantitative estimate of drug-likeness (QED) is 0.783. The van der Waals surface area contributed by atoms with Gasteiger partial charge in [0.25, 0.3) is 5.91 Å². The maximum absolute atomic E-state index is 13.1. The van der Waals surface area contributed by atoms with Crippen LogP contribution in [0.15, 0.2) is 60.9 Å². The molecule has 0 spiro atoms. The Morgan fingerprint density at radius 1 is 1.08 bits per heavy atom. The van der Waals surface area contributed by atoms with Crippen LogP contribution in [0.25, 0.3) is 5.69 Å². The molecule has 0 unspecified atom stereocenters. The lowest BCUT2D eigenvalue weighted by Crippen LogP contribution is -2.25. The van der Waals surface area contributed by atoms with Gasteiger partial charge in [-0.1, -0.05) is 18.2 Å². The van der Waals surface area contributed by atoms with Gasteiger partial charge in [0.1, 0.15) is 11.6 Å². The van der Waals surface area contributed by atoms with Crippen LogP contribution in [0, 0.1) is 11.6 Å². The van der Waals surface area contributed by atoms with Crippen LogP contribution in [0.2, 0.25) is 0 Å². The van der Waals surface area contributed by atoms with Crippen molar-refractivity contribution in [2.45, 2.75) is 6.42 Å². The number of carbonyl (C=O) groups excluding carboxylic acids is 1. The Morgan fingerprint density at radius 2 is 1.79 bits per heavy atom. The second-order valence-corrected chi connectivity index (χ2v) is 5.29. The highest BCUT2D eigenvalue weighted by Gasteiger charge is 2.09. The Hall–Kier alpha value is -3.02. The molecule has 1 N–H and O–H groups in total. The summed E-state index contributed by atoms with van der Waals surface area (Å²) >= 11 is 0. The first-order valence-electron chi connectivity index (χ1n) is 7.45. The summed E-state index contributed by atoms with van der Waals surface area (Å²) in [6.07, 6.45) is 4.17. The fourth-order valence-electron chi connectivity index (χ4n) is 2.32. The van der Waals surface area contributed by atoms with E-state index in [1.165, 1.54) is 0 Å². The molecule has 3 rings (SSSR count). The zero-order chi connectivity index (χ0) is 16.9. The number of nitrogens with zero attached hydrogens (tertiary/aromatic N) is 2. The molecule has 3 aromatic rings. The number of carbonyl (C=O) groups is 1. The summed E-state index contributed by atoms with van der Waals surface area (Å²) in [4.78, 5) is 11.9. The fourth-order valence-corrected chi connectivity index (χ4v) is 2.32. The van der Waals surface area contributed by atoms with E-state index in [9.17, 15) is 13.6 Å². The molecular weight excluding hydrogens is 312 g/mol. The van der Waals surface area contributed by atoms with Crippen LogP contribution in [-0.4, -0.2) is 22.2 Å². The monoisotopic (exact) mass is 327 g/mol. The predicted octanol–water partition coefficient (Wildman–Crippen LogP) is 3.12. The zero-order valence-electron chi connectivity index (χ0n) is 12.7. The van der Waals surface area contributed by atoms with Gasteiger partial charge in [-0.2, -0.15) is 5.10 Å². The topological polar surface area (TPSA) is 46.9 Å². The molecule has 1 aromatic heterocycles. The standard InChI is InChI=1S/C18H15F2N3O/c19-15-8-14(9-16(20)10-15)18(24)21-7-6-13-11-22-23(12-13)17-4-2-1-3-5-17/h1-5,8-12H,6-7H2,(H,21,24). The number of halogens is 2. The van der Waals surface area contributed by atoms with Crippen molar-refractivity contribution in [2.75, 3.05) is 6.54 Å². The molecular formula is C18H15F2N3O. The van der Waals surface area contributed by atoms with Crippen molar-refractivity contribution in [1.82, 2.24) is 15.1 Å². The molecule has 0 aliphatic carbocycles. The van der Waals surface area contributed by atoms with Gasteiger partial charge in [0.05, 0.1) is 11.9 Å². The van der Waals surface area contributed by atoms with Crippen LogP contribution in [0.4, 0.5) is 8.78 Å². The third kappa shape index (κ3) is 3.84. The van der Waals surface area contributed by atoms with Gasteiger partial charge in [-0.15, -0.1) is 0 Å². The maximum atomic E-state index is 13.1. The van der Waals surface area contributed by atoms with E-state index in [0.717, 1.165) is 29.4 Å². The van der Waals surface area contributed by atoms with Gasteiger partial charge >= 0.3 is 0 Å². The lowest BCUT2D eigenvalue weighted by atomic mass is 10.2. The third-order valence-electron chi connectivity index (χ3n) is 3.48. The minimum Gasteiger partial charge on any atom is -0.352 e. The second kappa shape index (κ2) is 7.04. The summed E-state index contributed by atoms with van der Waals surface area (Å²) in [7, 11) is 0. The van der Waals surface area contributed by atoms with E-state index in [4.69, 9.17) is 0 Å². The molecule has 0 saturated carbocycles. The van der Waals surface area contributed by atoms with E-state index in [-0.39, 0.29) is 5.56 Å². The molecule has 0 saturated heterocycles. The van der Waals surface area contributed by atoms with Gasteiger partial charge in [0.15, 0.2) is 0 Å². The van der Waals surface area contributed by atoms with Crippen LogP contribution in [0.1, 0.15) is 15.9 Å². The average molecular weight is 327 g/mol. The summed E-state index contributed by atoms with van der Waals surface area (Å²) in [5.41, 5.74) is 1.86. The van der Waals surface area contributed by atoms with Crippen molar-refractivity contribution in [1.29, 1.82) is 0 Å². The van der Waals surface area contributed by atoms with Gasteiger partial charge in [-0.05, 0) is 36.2 Å². The molecule has 6 heteroatoms. The molecule has 122 valence electrons. The highest BCUT2D eigenvalue weighted by atomic mass is 19.1. The molecule has 0 aliphatic rings. The zero-order valence-corrected chi connectivity index (χ0v) is 12.7. The van der Waals surface area contributed by atoms with Crippen molar-refractivity contribution in [3.63, 3.8) is 0 Å². The van der Waals surface area contributed by atoms with Crippen molar-refractivity contribution in [3.05, 3.63) is 83.7 Å². The first-order valence-corrected chi connectivity index (χ1v) is 7.45. The number of para-hydroxylation sites is 1. The molecule has 2 aromatic carbocycles. The van der Waals surface area contributed by atoms with E-state index in [0.29, 0.717) is 13.0 Å². The summed E-state index contributed by atoms with van der Waals surface area (Å²) < 4.78 is 28.0. The first-order chi connectivity index (χ1) is 11.6. The van der Waals surface area contributed by atoms with Crippen molar-refractivity contribution >= 4 is 5.91 Å². The van der Waals surface area contributed by atoms with Crippen LogP contribution in [0.3, 0.4) is 0 Å². The van der Waals surface area contributed by atoms with Gasteiger partial charge in [0, 0.05) is 24.4 Å². The number of benzene rings is 2. The Kier molecular flexibility index (Phi) is 4.65. The number of amides is 1. The van der Waals surface area contributed by atoms with E-state index in [1.54, 1.807) is 10.9 Å². The summed E-state index contributed by atoms with van der Waals surface area (Å²) in [5.74, 6) is -2.06. The summed E-state index contributed by atoms with van der Waals surface area (Å²) in [6.45, 7) is 0.345. The number of aromatic nitrogens is 2. The minimum atomic E-state index is -0.774. The Bertz CT molecular complexity index is 826. The van der Waals surface area contributed by atoms with Gasteiger partial charge < -0.3 is 5.32 Å². The number of hydrogen-bond acceptors (Lipinski definition) is 2. The van der Waals surface area contributed by atoms with Crippen molar-refractivity contribution in [3.8, 4) is 5.69 Å². The number of rotatable bonds is 5. The van der Waals surface area contributed by atoms with Crippen molar-refractivity contribution in [2.24, 2.45) is 0 Å². The van der Waals surface area contributed by atoms with E-state index in [2.05, 4.69) is 10.4 Å². The SMILES string of the molecule is O=C(NCCc1cnn(-c2ccccc2)c1)c1cc(F)cc(F)c1. The Morgan fingerprint density at radius 3 is 2.50 bits per heavy atom. The molecule has 1 amide bonds. The highest BCUT2D eigenvalue weighted by molar-refractivity contribution is 5.94. The Labute approximate surface area is 137 Å². The number of hydrogen-bond donors (Lipinski definition) is 1. The molecule has 0 atom stereocenters. The predicted molar refractivity (Wildman–Crippen MR) is 86.0 cm³/mol. The Balaban J connectivity index is 1.57. The van der Waals surface area contributed by atoms with Gasteiger partial charge in [-0.3, -0.25) is 4.79 Å². The van der Waals surface area contributed by atoms with Crippen LogP contribution in [-0.2, 0) is 6.42 Å². The third-order valence-corrected chi connectivity index (χ3v) is 3.48. The largest absolute Gasteiger partial charge is 0.352 e. The number of nitrogens with one attached hydrogen (secondary N) is 1. The molecule has 0 fully saturated rings. The lowest BCUT2D eigenvalue weighted by Gasteiger charge is -2.05. The molecule has 1 heterocycles. The second-order valence-electron chi connectivity index (χ2n) is 5.29. The maximum Gasteiger partial charge on any atom is 0.251 e. The summed E-state index contributed by atoms with van der Waals surface area (Å²) in [6, 6.07) is 12.4. The average Bonchev–Trinajstić information content (AvgIpc) is 3.03. The minimum absolute atomic E-state index is 0.0347. The first kappa shape index (κ1) is 15.9. The molecule has 4 nitrogen and oxygen atoms in total. The lowest BCUT2D eigenvalue weighted by molar-refractivity contribution is 0.0953. The van der Waals surface area contributed by atoms with Crippen LogP contribution in [0.5, 0.6) is 0 Å². The smallest absolute Gasteiger partial charge is 0.251 e. The molecule has 0 radical (unpaired) electrons. The molecule has 0 bridgehead atoms. The van der Waals surface area contributed by atoms with Gasteiger partial charge in [0.2, 0.25) is 0 Å². The molecule has 0 aliphatic heterocycles. The fraction of sp³-hybridized carbons (Fsp3) is 0.111. The van der Waals surface area contributed by atoms with Crippen LogP contribution >= 0.6 is 0 Å². The van der Waals surface area contributed by atoms with E-state index < -0.39 is 17.5 Å². The van der Waals surface area contributed by atoms with Crippen LogP contribution < -0.4 is 5.32 Å². The van der Waals surface area contributed by atoms with E-state index in [1.807, 2.05) is 36.5 Å². The molecule has 24 heavy (non-hydrogen) atoms. The summed E-state index contributed by atoms with van der Waals surface area (Å²) in [5, 5.41) is 6.91. The normalized spacial score (nSPS) is 10.6.